The maximum Gasteiger partial charge on any atom is 0.0863 e. The lowest BCUT2D eigenvalue weighted by molar-refractivity contribution is -0.310. The van der Waals surface area contributed by atoms with E-state index in [0.29, 0.717) is 23.7 Å². The third-order valence-electron chi connectivity index (χ3n) is 13.6. The Kier molecular flexibility index (Phi) is 5.21. The van der Waals surface area contributed by atoms with Crippen molar-refractivity contribution < 1.29 is 15.3 Å². The Morgan fingerprint density at radius 2 is 1.36 bits per heavy atom. The van der Waals surface area contributed by atoms with Crippen LogP contribution >= 0.6 is 0 Å². The van der Waals surface area contributed by atoms with Gasteiger partial charge < -0.3 is 15.3 Å². The molecule has 5 fully saturated rings. The fourth-order valence-electron chi connectivity index (χ4n) is 12.3. The van der Waals surface area contributed by atoms with Crippen LogP contribution in [0.5, 0.6) is 0 Å². The van der Waals surface area contributed by atoms with Gasteiger partial charge in [-0.1, -0.05) is 48.0 Å². The van der Waals surface area contributed by atoms with Gasteiger partial charge in [0.25, 0.3) is 0 Å². The van der Waals surface area contributed by atoms with Gasteiger partial charge in [-0.15, -0.1) is 0 Å². The Hall–Kier alpha value is -0.120. The van der Waals surface area contributed by atoms with Crippen molar-refractivity contribution in [2.45, 2.75) is 131 Å². The van der Waals surface area contributed by atoms with Crippen molar-refractivity contribution in [3.8, 4) is 0 Å². The average Bonchev–Trinajstić information content (AvgIpc) is 3.04. The predicted octanol–water partition coefficient (Wildman–Crippen LogP) is 6.19. The van der Waals surface area contributed by atoms with Crippen LogP contribution in [-0.2, 0) is 0 Å². The van der Waals surface area contributed by atoms with Gasteiger partial charge in [0.2, 0.25) is 0 Å². The van der Waals surface area contributed by atoms with Crippen LogP contribution in [0.3, 0.4) is 0 Å². The number of aliphatic hydroxyl groups excluding tert-OH is 2. The monoisotopic (exact) mass is 460 g/mol. The van der Waals surface area contributed by atoms with Crippen LogP contribution in [0.15, 0.2) is 0 Å². The van der Waals surface area contributed by atoms with Gasteiger partial charge in [-0.25, -0.2) is 0 Å². The number of aliphatic hydroxyl groups is 3. The predicted molar refractivity (Wildman–Crippen MR) is 134 cm³/mol. The lowest BCUT2D eigenvalue weighted by Crippen LogP contribution is -2.74. The van der Waals surface area contributed by atoms with Crippen LogP contribution in [0.2, 0.25) is 0 Å². The van der Waals surface area contributed by atoms with Gasteiger partial charge in [0.15, 0.2) is 0 Å². The molecular weight excluding hydrogens is 408 g/mol. The van der Waals surface area contributed by atoms with E-state index < -0.39 is 17.8 Å². The Labute approximate surface area is 203 Å². The van der Waals surface area contributed by atoms with E-state index in [1.807, 2.05) is 13.8 Å². The maximum absolute atomic E-state index is 12.0. The minimum atomic E-state index is -0.655. The first-order valence-corrected chi connectivity index (χ1v) is 14.1. The van der Waals surface area contributed by atoms with Crippen molar-refractivity contribution in [3.63, 3.8) is 0 Å². The molecule has 0 aliphatic heterocycles. The summed E-state index contributed by atoms with van der Waals surface area (Å²) >= 11 is 0. The van der Waals surface area contributed by atoms with Crippen LogP contribution in [0.4, 0.5) is 0 Å². The first-order chi connectivity index (χ1) is 15.0. The van der Waals surface area contributed by atoms with Crippen LogP contribution in [-0.4, -0.2) is 33.1 Å². The van der Waals surface area contributed by atoms with E-state index in [-0.39, 0.29) is 33.0 Å². The van der Waals surface area contributed by atoms with Crippen LogP contribution in [0.25, 0.3) is 0 Å². The van der Waals surface area contributed by atoms with Crippen molar-refractivity contribution in [2.24, 2.45) is 56.7 Å². The number of rotatable bonds is 1. The molecule has 5 rings (SSSR count). The fourth-order valence-corrected chi connectivity index (χ4v) is 12.3. The van der Waals surface area contributed by atoms with Gasteiger partial charge in [0.1, 0.15) is 0 Å². The molecule has 3 heteroatoms. The first-order valence-electron chi connectivity index (χ1n) is 14.1. The van der Waals surface area contributed by atoms with Crippen molar-refractivity contribution in [1.29, 1.82) is 0 Å². The summed E-state index contributed by atoms with van der Waals surface area (Å²) < 4.78 is 0. The van der Waals surface area contributed by atoms with Crippen LogP contribution < -0.4 is 0 Å². The number of fused-ring (bicyclic) bond motifs is 7. The summed E-state index contributed by atoms with van der Waals surface area (Å²) in [6.07, 6.45) is 9.29. The lowest BCUT2D eigenvalue weighted by atomic mass is 9.31. The smallest absolute Gasteiger partial charge is 0.0863 e. The summed E-state index contributed by atoms with van der Waals surface area (Å²) in [6, 6.07) is 0. The summed E-state index contributed by atoms with van der Waals surface area (Å²) in [5, 5.41) is 34.8. The summed E-state index contributed by atoms with van der Waals surface area (Å²) in [6.45, 7) is 18.6. The molecule has 5 aliphatic rings. The van der Waals surface area contributed by atoms with Crippen molar-refractivity contribution >= 4 is 0 Å². The topological polar surface area (TPSA) is 60.7 Å². The molecule has 0 saturated heterocycles. The van der Waals surface area contributed by atoms with E-state index in [2.05, 4.69) is 41.5 Å². The molecular formula is C30H52O3. The third-order valence-corrected chi connectivity index (χ3v) is 13.6. The molecule has 0 radical (unpaired) electrons. The molecule has 190 valence electrons. The number of hydrogen-bond acceptors (Lipinski definition) is 3. The highest BCUT2D eigenvalue weighted by atomic mass is 16.3. The lowest BCUT2D eigenvalue weighted by Gasteiger charge is -2.75. The molecule has 11 atom stereocenters. The SMILES string of the molecule is CC(C)(O)[C@H]1CC[C@]2(C)[C@H]3CC[C@@H]4[C@@]5(C)CCCC(C)(C)[C@@H]5[C@@H](O)[C@H](O)[C@@]4(C)[C@]3(C)CC[C@@H]12. The second-order valence-corrected chi connectivity index (χ2v) is 15.6. The largest absolute Gasteiger partial charge is 0.390 e. The molecule has 0 spiro atoms. The number of hydrogen-bond donors (Lipinski definition) is 3. The van der Waals surface area contributed by atoms with E-state index in [9.17, 15) is 15.3 Å². The van der Waals surface area contributed by atoms with Gasteiger partial charge in [-0.3, -0.25) is 0 Å². The van der Waals surface area contributed by atoms with Gasteiger partial charge >= 0.3 is 0 Å². The summed E-state index contributed by atoms with van der Waals surface area (Å²) in [7, 11) is 0. The van der Waals surface area contributed by atoms with E-state index in [1.165, 1.54) is 32.1 Å². The Balaban J connectivity index is 1.58. The van der Waals surface area contributed by atoms with E-state index in [4.69, 9.17) is 0 Å². The zero-order chi connectivity index (χ0) is 24.4. The molecule has 0 amide bonds. The van der Waals surface area contributed by atoms with Gasteiger partial charge in [0, 0.05) is 5.41 Å². The quantitative estimate of drug-likeness (QED) is 0.437. The normalized spacial score (nSPS) is 58.1. The minimum absolute atomic E-state index is 0.0195. The molecule has 5 aliphatic carbocycles. The molecule has 0 unspecified atom stereocenters. The average molecular weight is 461 g/mol. The van der Waals surface area contributed by atoms with Gasteiger partial charge in [-0.05, 0) is 116 Å². The van der Waals surface area contributed by atoms with E-state index >= 15 is 0 Å². The molecule has 33 heavy (non-hydrogen) atoms. The molecule has 3 N–H and O–H groups in total. The van der Waals surface area contributed by atoms with E-state index in [0.717, 1.165) is 25.7 Å². The van der Waals surface area contributed by atoms with E-state index in [1.54, 1.807) is 0 Å². The second-order valence-electron chi connectivity index (χ2n) is 15.6. The molecule has 5 saturated carbocycles. The fraction of sp³-hybridized carbons (Fsp3) is 1.00. The summed E-state index contributed by atoms with van der Waals surface area (Å²) in [4.78, 5) is 0. The Morgan fingerprint density at radius 3 is 2.00 bits per heavy atom. The van der Waals surface area contributed by atoms with Crippen LogP contribution in [0.1, 0.15) is 113 Å². The molecule has 0 heterocycles. The first kappa shape index (κ1) is 24.6. The molecule has 0 aromatic rings. The summed E-state index contributed by atoms with van der Waals surface area (Å²) in [5.74, 6) is 2.13. The molecule has 0 aromatic carbocycles. The standard InChI is InChI=1S/C30H52O3/c1-25(2)14-9-15-28(6)21-11-10-20-27(5)16-12-18(26(3,4)33)19(27)13-17-29(20,7)30(21,8)24(32)22(31)23(25)28/h18-24,31-33H,9-17H2,1-8H3/t18-,19-,20+,21+,22+,23-,24-,27-,28+,29+,30-/m0/s1. The van der Waals surface area contributed by atoms with Crippen molar-refractivity contribution in [1.82, 2.24) is 0 Å². The highest BCUT2D eigenvalue weighted by Gasteiger charge is 2.74. The van der Waals surface area contributed by atoms with Gasteiger partial charge in [0.05, 0.1) is 17.8 Å². The van der Waals surface area contributed by atoms with Crippen molar-refractivity contribution in [3.05, 3.63) is 0 Å². The Morgan fingerprint density at radius 1 is 0.727 bits per heavy atom. The van der Waals surface area contributed by atoms with Crippen molar-refractivity contribution in [2.75, 3.05) is 0 Å². The highest BCUT2D eigenvalue weighted by Crippen LogP contribution is 2.78. The Bertz CT molecular complexity index is 799. The minimum Gasteiger partial charge on any atom is -0.390 e. The summed E-state index contributed by atoms with van der Waals surface area (Å²) in [5.41, 5.74) is -0.486. The third kappa shape index (κ3) is 2.85. The zero-order valence-electron chi connectivity index (χ0n) is 22.7. The van der Waals surface area contributed by atoms with Gasteiger partial charge in [-0.2, -0.15) is 0 Å². The second kappa shape index (κ2) is 7.00. The van der Waals surface area contributed by atoms with Crippen LogP contribution in [0, 0.1) is 56.7 Å². The highest BCUT2D eigenvalue weighted by molar-refractivity contribution is 5.23. The molecule has 0 bridgehead atoms. The zero-order valence-corrected chi connectivity index (χ0v) is 22.7. The molecule has 3 nitrogen and oxygen atoms in total. The maximum atomic E-state index is 12.0. The molecule has 0 aromatic heterocycles.